The molecule has 1 rings (SSSR count). The lowest BCUT2D eigenvalue weighted by molar-refractivity contribution is -0.386. The molecule has 0 N–H and O–H groups in total. The van der Waals surface area contributed by atoms with Crippen LogP contribution in [0.2, 0.25) is 0 Å². The molecule has 0 aliphatic rings. The van der Waals surface area contributed by atoms with E-state index in [4.69, 9.17) is 9.47 Å². The fourth-order valence-electron chi connectivity index (χ4n) is 1.66. The molecule has 0 radical (unpaired) electrons. The van der Waals surface area contributed by atoms with E-state index in [0.717, 1.165) is 7.11 Å². The number of nitrogens with zero attached hydrogens (tertiary/aromatic N) is 1. The van der Waals surface area contributed by atoms with Gasteiger partial charge in [0.15, 0.2) is 0 Å². The molecule has 0 heterocycles. The van der Waals surface area contributed by atoms with E-state index >= 15 is 0 Å². The number of ether oxygens (including phenoxy) is 3. The van der Waals surface area contributed by atoms with Gasteiger partial charge in [-0.05, 0) is 20.8 Å². The number of rotatable bonds is 6. The maximum absolute atomic E-state index is 13.9. The Hall–Kier alpha value is -2.71. The Bertz CT molecular complexity index is 642. The van der Waals surface area contributed by atoms with E-state index in [0.29, 0.717) is 12.1 Å². The van der Waals surface area contributed by atoms with Crippen LogP contribution in [-0.4, -0.2) is 36.2 Å². The van der Waals surface area contributed by atoms with Gasteiger partial charge < -0.3 is 14.2 Å². The maximum atomic E-state index is 13.9. The fraction of sp³-hybridized carbons (Fsp3) is 0.429. The largest absolute Gasteiger partial charge is 0.469 e. The Morgan fingerprint density at radius 1 is 1.35 bits per heavy atom. The summed E-state index contributed by atoms with van der Waals surface area (Å²) in [6.45, 7) is 4.31. The summed E-state index contributed by atoms with van der Waals surface area (Å²) in [5.74, 6) is -3.41. The highest BCUT2D eigenvalue weighted by atomic mass is 19.1. The molecule has 126 valence electrons. The van der Waals surface area contributed by atoms with Gasteiger partial charge in [-0.15, -0.1) is 0 Å². The molecular formula is C14H16FNO7. The molecule has 0 bridgehead atoms. The first-order valence-corrected chi connectivity index (χ1v) is 6.56. The molecule has 0 unspecified atom stereocenters. The summed E-state index contributed by atoms with van der Waals surface area (Å²) in [5.41, 5.74) is -2.87. The van der Waals surface area contributed by atoms with Crippen LogP contribution in [0, 0.1) is 15.9 Å². The van der Waals surface area contributed by atoms with Crippen molar-refractivity contribution in [3.05, 3.63) is 33.6 Å². The van der Waals surface area contributed by atoms with Crippen LogP contribution >= 0.6 is 0 Å². The summed E-state index contributed by atoms with van der Waals surface area (Å²) in [7, 11) is 1.02. The lowest BCUT2D eigenvalue weighted by Crippen LogP contribution is -2.40. The normalized spacial score (nSPS) is 10.8. The van der Waals surface area contributed by atoms with Crippen LogP contribution in [0.3, 0.4) is 0 Å². The molecule has 1 aromatic carbocycles. The number of esters is 2. The maximum Gasteiger partial charge on any atom is 0.349 e. The molecule has 0 aromatic heterocycles. The molecule has 0 atom stereocenters. The van der Waals surface area contributed by atoms with Crippen LogP contribution < -0.4 is 4.74 Å². The van der Waals surface area contributed by atoms with E-state index in [2.05, 4.69) is 4.74 Å². The number of carbonyl (C=O) groups excluding carboxylic acids is 2. The van der Waals surface area contributed by atoms with Crippen molar-refractivity contribution < 1.29 is 33.1 Å². The highest BCUT2D eigenvalue weighted by molar-refractivity contribution is 5.91. The van der Waals surface area contributed by atoms with Crippen molar-refractivity contribution in [1.29, 1.82) is 0 Å². The van der Waals surface area contributed by atoms with Gasteiger partial charge in [0.05, 0.1) is 18.6 Å². The van der Waals surface area contributed by atoms with E-state index in [1.807, 2.05) is 0 Å². The van der Waals surface area contributed by atoms with E-state index in [-0.39, 0.29) is 6.61 Å². The Kier molecular flexibility index (Phi) is 5.61. The van der Waals surface area contributed by atoms with Gasteiger partial charge >= 0.3 is 17.6 Å². The topological polar surface area (TPSA) is 105 Å². The molecule has 9 heteroatoms. The third kappa shape index (κ3) is 4.15. The summed E-state index contributed by atoms with van der Waals surface area (Å²) in [6, 6.07) is 1.35. The van der Waals surface area contributed by atoms with Gasteiger partial charge in [0.2, 0.25) is 11.4 Å². The number of methoxy groups -OCH3 is 1. The molecule has 0 saturated carbocycles. The first-order valence-electron chi connectivity index (χ1n) is 6.56. The van der Waals surface area contributed by atoms with Crippen LogP contribution in [0.5, 0.6) is 5.75 Å². The molecule has 8 nitrogen and oxygen atoms in total. The van der Waals surface area contributed by atoms with Crippen LogP contribution in [0.15, 0.2) is 12.1 Å². The molecule has 0 aliphatic heterocycles. The highest BCUT2D eigenvalue weighted by Crippen LogP contribution is 2.33. The third-order valence-electron chi connectivity index (χ3n) is 2.78. The third-order valence-corrected chi connectivity index (χ3v) is 2.78. The van der Waals surface area contributed by atoms with Crippen molar-refractivity contribution in [3.8, 4) is 5.75 Å². The summed E-state index contributed by atoms with van der Waals surface area (Å²) in [4.78, 5) is 33.4. The van der Waals surface area contributed by atoms with Gasteiger partial charge in [-0.2, -0.15) is 0 Å². The van der Waals surface area contributed by atoms with Crippen molar-refractivity contribution in [3.63, 3.8) is 0 Å². The second-order valence-electron chi connectivity index (χ2n) is 4.88. The minimum absolute atomic E-state index is 0.0867. The lowest BCUT2D eigenvalue weighted by atomic mass is 10.1. The zero-order valence-corrected chi connectivity index (χ0v) is 13.0. The number of carbonyl (C=O) groups is 2. The predicted molar refractivity (Wildman–Crippen MR) is 75.7 cm³/mol. The number of nitro groups is 1. The van der Waals surface area contributed by atoms with Gasteiger partial charge in [0, 0.05) is 12.1 Å². The molecular weight excluding hydrogens is 313 g/mol. The quantitative estimate of drug-likeness (QED) is 0.447. The van der Waals surface area contributed by atoms with Crippen molar-refractivity contribution in [2.45, 2.75) is 26.4 Å². The smallest absolute Gasteiger partial charge is 0.349 e. The number of hydrogen-bond donors (Lipinski definition) is 0. The van der Waals surface area contributed by atoms with Crippen molar-refractivity contribution in [2.75, 3.05) is 13.7 Å². The first kappa shape index (κ1) is 18.3. The van der Waals surface area contributed by atoms with E-state index in [1.165, 1.54) is 13.8 Å². The van der Waals surface area contributed by atoms with Crippen molar-refractivity contribution in [1.82, 2.24) is 0 Å². The highest BCUT2D eigenvalue weighted by Gasteiger charge is 2.35. The number of halogens is 1. The van der Waals surface area contributed by atoms with Gasteiger partial charge in [0.25, 0.3) is 0 Å². The molecule has 0 amide bonds. The van der Waals surface area contributed by atoms with E-state index in [9.17, 15) is 24.1 Å². The summed E-state index contributed by atoms with van der Waals surface area (Å²) < 4.78 is 28.3. The van der Waals surface area contributed by atoms with Crippen LogP contribution in [0.4, 0.5) is 10.1 Å². The van der Waals surface area contributed by atoms with Gasteiger partial charge in [-0.25, -0.2) is 14.0 Å². The van der Waals surface area contributed by atoms with Crippen LogP contribution in [0.25, 0.3) is 0 Å². The van der Waals surface area contributed by atoms with E-state index in [1.54, 1.807) is 6.92 Å². The molecule has 0 aliphatic carbocycles. The van der Waals surface area contributed by atoms with E-state index < -0.39 is 45.3 Å². The molecule has 0 fully saturated rings. The average Bonchev–Trinajstić information content (AvgIpc) is 2.46. The van der Waals surface area contributed by atoms with Crippen molar-refractivity contribution >= 4 is 17.6 Å². The van der Waals surface area contributed by atoms with Gasteiger partial charge in [0.1, 0.15) is 11.4 Å². The molecule has 0 saturated heterocycles. The minimum atomic E-state index is -1.58. The summed E-state index contributed by atoms with van der Waals surface area (Å²) >= 11 is 0. The Balaban J connectivity index is 3.31. The van der Waals surface area contributed by atoms with Crippen molar-refractivity contribution in [2.24, 2.45) is 0 Å². The minimum Gasteiger partial charge on any atom is -0.469 e. The number of nitro benzene ring substituents is 1. The monoisotopic (exact) mass is 329 g/mol. The average molecular weight is 329 g/mol. The zero-order chi connectivity index (χ0) is 17.8. The molecule has 1 aromatic rings. The summed E-state index contributed by atoms with van der Waals surface area (Å²) in [6.07, 6.45) is 0. The molecule has 23 heavy (non-hydrogen) atoms. The van der Waals surface area contributed by atoms with Gasteiger partial charge in [-0.3, -0.25) is 10.1 Å². The SMILES string of the molecule is CCOC(=O)C(C)(C)Oc1cc(F)c(C(=O)OC)cc1[N+](=O)[O-]. The second-order valence-corrected chi connectivity index (χ2v) is 4.88. The Morgan fingerprint density at radius 2 is 1.96 bits per heavy atom. The Morgan fingerprint density at radius 3 is 2.43 bits per heavy atom. The van der Waals surface area contributed by atoms with Crippen LogP contribution in [-0.2, 0) is 14.3 Å². The second kappa shape index (κ2) is 7.03. The number of hydrogen-bond acceptors (Lipinski definition) is 7. The Labute approximate surface area is 131 Å². The standard InChI is InChI=1S/C14H16FNO7/c1-5-22-13(18)14(2,3)23-11-7-9(15)8(12(17)21-4)6-10(11)16(19)20/h6-7H,5H2,1-4H3. The first-order chi connectivity index (χ1) is 10.6. The number of benzene rings is 1. The fourth-order valence-corrected chi connectivity index (χ4v) is 1.66. The predicted octanol–water partition coefficient (Wildman–Crippen LogP) is 2.24. The summed E-state index contributed by atoms with van der Waals surface area (Å²) in [5, 5.41) is 11.1. The van der Waals surface area contributed by atoms with Crippen LogP contribution in [0.1, 0.15) is 31.1 Å². The zero-order valence-electron chi connectivity index (χ0n) is 13.0. The lowest BCUT2D eigenvalue weighted by Gasteiger charge is -2.24. The molecule has 0 spiro atoms. The van der Waals surface area contributed by atoms with Gasteiger partial charge in [-0.1, -0.05) is 0 Å².